The minimum absolute atomic E-state index is 0.159. The second-order valence-corrected chi connectivity index (χ2v) is 5.84. The van der Waals surface area contributed by atoms with Crippen LogP contribution in [-0.4, -0.2) is 30.5 Å². The quantitative estimate of drug-likeness (QED) is 0.860. The number of piperidine rings is 1. The lowest BCUT2D eigenvalue weighted by molar-refractivity contribution is 0.0656. The molecule has 1 amide bonds. The Kier molecular flexibility index (Phi) is 4.91. The van der Waals surface area contributed by atoms with Gasteiger partial charge in [0.15, 0.2) is 0 Å². The van der Waals surface area contributed by atoms with E-state index >= 15 is 0 Å². The van der Waals surface area contributed by atoms with Crippen molar-refractivity contribution in [1.82, 2.24) is 4.90 Å². The lowest BCUT2D eigenvalue weighted by Gasteiger charge is -2.32. The molecule has 0 saturated carbocycles. The third kappa shape index (κ3) is 3.89. The number of likely N-dealkylation sites (tertiary alicyclic amines) is 1. The fraction of sp³-hybridized carbons (Fsp3) is 0.316. The molecule has 0 aliphatic carbocycles. The molecule has 2 aromatic rings. The van der Waals surface area contributed by atoms with Crippen LogP contribution in [0.4, 0.5) is 4.39 Å². The van der Waals surface area contributed by atoms with Crippen molar-refractivity contribution in [2.75, 3.05) is 19.7 Å². The molecule has 1 aliphatic heterocycles. The molecule has 3 nitrogen and oxygen atoms in total. The molecule has 0 spiro atoms. The van der Waals surface area contributed by atoms with Crippen LogP contribution in [0, 0.1) is 11.7 Å². The zero-order valence-corrected chi connectivity index (χ0v) is 13.0. The Morgan fingerprint density at radius 3 is 2.39 bits per heavy atom. The highest BCUT2D eigenvalue weighted by Gasteiger charge is 2.25. The van der Waals surface area contributed by atoms with Gasteiger partial charge >= 0.3 is 0 Å². The van der Waals surface area contributed by atoms with Crippen LogP contribution in [0.15, 0.2) is 54.6 Å². The Hall–Kier alpha value is -2.36. The molecule has 1 saturated heterocycles. The Bertz CT molecular complexity index is 651. The minimum Gasteiger partial charge on any atom is -0.493 e. The lowest BCUT2D eigenvalue weighted by atomic mass is 9.97. The van der Waals surface area contributed by atoms with E-state index < -0.39 is 5.82 Å². The van der Waals surface area contributed by atoms with Gasteiger partial charge in [-0.25, -0.2) is 4.39 Å². The summed E-state index contributed by atoms with van der Waals surface area (Å²) in [5, 5.41) is 0. The average molecular weight is 313 g/mol. The number of halogens is 1. The summed E-state index contributed by atoms with van der Waals surface area (Å²) in [6.07, 6.45) is 1.76. The highest BCUT2D eigenvalue weighted by Crippen LogP contribution is 2.21. The number of para-hydroxylation sites is 1. The fourth-order valence-corrected chi connectivity index (χ4v) is 2.84. The van der Waals surface area contributed by atoms with Gasteiger partial charge in [0.25, 0.3) is 5.91 Å². The van der Waals surface area contributed by atoms with E-state index in [2.05, 4.69) is 0 Å². The van der Waals surface area contributed by atoms with Crippen molar-refractivity contribution in [3.05, 3.63) is 66.0 Å². The summed E-state index contributed by atoms with van der Waals surface area (Å²) in [5.74, 6) is 0.634. The van der Waals surface area contributed by atoms with Gasteiger partial charge in [0.05, 0.1) is 12.2 Å². The standard InChI is InChI=1S/C19H20FNO2/c20-18-9-5-4-8-17(18)19(22)21-12-10-15(11-13-21)14-23-16-6-2-1-3-7-16/h1-9,15H,10-14H2. The van der Waals surface area contributed by atoms with E-state index in [1.165, 1.54) is 6.07 Å². The molecule has 0 radical (unpaired) electrons. The van der Waals surface area contributed by atoms with Gasteiger partial charge in [0.2, 0.25) is 0 Å². The average Bonchev–Trinajstić information content (AvgIpc) is 2.61. The van der Waals surface area contributed by atoms with Gasteiger partial charge in [-0.15, -0.1) is 0 Å². The zero-order chi connectivity index (χ0) is 16.1. The molecular weight excluding hydrogens is 293 g/mol. The third-order valence-corrected chi connectivity index (χ3v) is 4.23. The Balaban J connectivity index is 1.50. The van der Waals surface area contributed by atoms with E-state index in [4.69, 9.17) is 4.74 Å². The first-order valence-electron chi connectivity index (χ1n) is 7.95. The molecule has 0 bridgehead atoms. The number of amides is 1. The maximum absolute atomic E-state index is 13.7. The number of carbonyl (C=O) groups excluding carboxylic acids is 1. The van der Waals surface area contributed by atoms with E-state index in [0.29, 0.717) is 25.6 Å². The molecule has 1 heterocycles. The maximum Gasteiger partial charge on any atom is 0.256 e. The van der Waals surface area contributed by atoms with Crippen LogP contribution < -0.4 is 4.74 Å². The van der Waals surface area contributed by atoms with Crippen molar-refractivity contribution in [1.29, 1.82) is 0 Å². The van der Waals surface area contributed by atoms with Crippen molar-refractivity contribution in [3.8, 4) is 5.75 Å². The number of nitrogens with zero attached hydrogens (tertiary/aromatic N) is 1. The molecule has 120 valence electrons. The molecule has 23 heavy (non-hydrogen) atoms. The highest BCUT2D eigenvalue weighted by atomic mass is 19.1. The molecule has 4 heteroatoms. The number of hydrogen-bond donors (Lipinski definition) is 0. The lowest BCUT2D eigenvalue weighted by Crippen LogP contribution is -2.40. The molecule has 0 atom stereocenters. The molecule has 0 aromatic heterocycles. The van der Waals surface area contributed by atoms with Gasteiger partial charge in [-0.3, -0.25) is 4.79 Å². The summed E-state index contributed by atoms with van der Waals surface area (Å²) in [6.45, 7) is 1.96. The number of rotatable bonds is 4. The van der Waals surface area contributed by atoms with E-state index in [0.717, 1.165) is 18.6 Å². The summed E-state index contributed by atoms with van der Waals surface area (Å²) in [6, 6.07) is 15.9. The molecule has 3 rings (SSSR count). The molecule has 2 aromatic carbocycles. The van der Waals surface area contributed by atoms with E-state index in [1.807, 2.05) is 30.3 Å². The van der Waals surface area contributed by atoms with Crippen LogP contribution in [0.25, 0.3) is 0 Å². The van der Waals surface area contributed by atoms with E-state index in [-0.39, 0.29) is 11.5 Å². The van der Waals surface area contributed by atoms with Gasteiger partial charge in [0, 0.05) is 13.1 Å². The Morgan fingerprint density at radius 1 is 1.04 bits per heavy atom. The molecule has 0 unspecified atom stereocenters. The summed E-state index contributed by atoms with van der Waals surface area (Å²) in [7, 11) is 0. The van der Waals surface area contributed by atoms with Crippen molar-refractivity contribution in [2.24, 2.45) is 5.92 Å². The fourth-order valence-electron chi connectivity index (χ4n) is 2.84. The number of hydrogen-bond acceptors (Lipinski definition) is 2. The first kappa shape index (κ1) is 15.5. The normalized spacial score (nSPS) is 15.4. The van der Waals surface area contributed by atoms with Gasteiger partial charge in [-0.2, -0.15) is 0 Å². The molecule has 1 fully saturated rings. The predicted octanol–water partition coefficient (Wildman–Crippen LogP) is 3.76. The van der Waals surface area contributed by atoms with Crippen molar-refractivity contribution in [2.45, 2.75) is 12.8 Å². The highest BCUT2D eigenvalue weighted by molar-refractivity contribution is 5.94. The van der Waals surface area contributed by atoms with Crippen molar-refractivity contribution >= 4 is 5.91 Å². The van der Waals surface area contributed by atoms with Gasteiger partial charge in [-0.05, 0) is 43.0 Å². The third-order valence-electron chi connectivity index (χ3n) is 4.23. The summed E-state index contributed by atoms with van der Waals surface area (Å²) in [5.41, 5.74) is 0.159. The van der Waals surface area contributed by atoms with Gasteiger partial charge in [0.1, 0.15) is 11.6 Å². The smallest absolute Gasteiger partial charge is 0.256 e. The number of ether oxygens (including phenoxy) is 1. The van der Waals surface area contributed by atoms with E-state index in [1.54, 1.807) is 23.1 Å². The first-order chi connectivity index (χ1) is 11.2. The van der Waals surface area contributed by atoms with Crippen LogP contribution in [-0.2, 0) is 0 Å². The summed E-state index contributed by atoms with van der Waals surface area (Å²) < 4.78 is 19.5. The van der Waals surface area contributed by atoms with Crippen LogP contribution >= 0.6 is 0 Å². The topological polar surface area (TPSA) is 29.5 Å². The predicted molar refractivity (Wildman–Crippen MR) is 87.0 cm³/mol. The Morgan fingerprint density at radius 2 is 1.70 bits per heavy atom. The monoisotopic (exact) mass is 313 g/mol. The second kappa shape index (κ2) is 7.27. The first-order valence-corrected chi connectivity index (χ1v) is 7.95. The summed E-state index contributed by atoms with van der Waals surface area (Å²) >= 11 is 0. The van der Waals surface area contributed by atoms with Crippen LogP contribution in [0.2, 0.25) is 0 Å². The van der Waals surface area contributed by atoms with Crippen LogP contribution in [0.1, 0.15) is 23.2 Å². The SMILES string of the molecule is O=C(c1ccccc1F)N1CCC(COc2ccccc2)CC1. The van der Waals surface area contributed by atoms with Crippen molar-refractivity contribution < 1.29 is 13.9 Å². The van der Waals surface area contributed by atoms with Gasteiger partial charge < -0.3 is 9.64 Å². The van der Waals surface area contributed by atoms with Crippen molar-refractivity contribution in [3.63, 3.8) is 0 Å². The van der Waals surface area contributed by atoms with Crippen LogP contribution in [0.3, 0.4) is 0 Å². The largest absolute Gasteiger partial charge is 0.493 e. The molecule has 1 aliphatic rings. The van der Waals surface area contributed by atoms with Crippen LogP contribution in [0.5, 0.6) is 5.75 Å². The van der Waals surface area contributed by atoms with Gasteiger partial charge in [-0.1, -0.05) is 30.3 Å². The summed E-state index contributed by atoms with van der Waals surface area (Å²) in [4.78, 5) is 14.1. The second-order valence-electron chi connectivity index (χ2n) is 5.84. The number of carbonyl (C=O) groups is 1. The zero-order valence-electron chi connectivity index (χ0n) is 13.0. The van der Waals surface area contributed by atoms with E-state index in [9.17, 15) is 9.18 Å². The minimum atomic E-state index is -0.452. The number of benzene rings is 2. The molecule has 0 N–H and O–H groups in total. The molecular formula is C19H20FNO2. The Labute approximate surface area is 135 Å². The maximum atomic E-state index is 13.7.